The molecule has 1 fully saturated rings. The summed E-state index contributed by atoms with van der Waals surface area (Å²) >= 11 is 1.11. The van der Waals surface area contributed by atoms with E-state index < -0.39 is 0 Å². The number of hydrogen-bond acceptors (Lipinski definition) is 4. The minimum atomic E-state index is -0.263. The number of fused-ring (bicyclic) bond motifs is 1. The molecular weight excluding hydrogens is 416 g/mol. The zero-order valence-corrected chi connectivity index (χ0v) is 23.0. The molecule has 1 saturated carbocycles. The van der Waals surface area contributed by atoms with Crippen LogP contribution < -0.4 is 9.47 Å². The Labute approximate surface area is 200 Å². The van der Waals surface area contributed by atoms with Crippen molar-refractivity contribution < 1.29 is 14.3 Å². The average molecular weight is 461 g/mol. The first kappa shape index (κ1) is 25.5. The first-order chi connectivity index (χ1) is 14.6. The van der Waals surface area contributed by atoms with Gasteiger partial charge in [-0.3, -0.25) is 0 Å². The summed E-state index contributed by atoms with van der Waals surface area (Å²) in [7, 11) is 0. The molecule has 0 saturated heterocycles. The van der Waals surface area contributed by atoms with E-state index in [1.165, 1.54) is 12.0 Å². The number of rotatable bonds is 5. The fourth-order valence-corrected chi connectivity index (χ4v) is 6.90. The topological polar surface area (TPSA) is 35.5 Å². The van der Waals surface area contributed by atoms with Gasteiger partial charge in [0.05, 0.1) is 0 Å². The van der Waals surface area contributed by atoms with Crippen LogP contribution in [0.3, 0.4) is 0 Å². The summed E-state index contributed by atoms with van der Waals surface area (Å²) < 4.78 is 12.5. The molecule has 4 atom stereocenters. The largest absolute Gasteiger partial charge is 0.487 e. The van der Waals surface area contributed by atoms with E-state index in [-0.39, 0.29) is 16.3 Å². The summed E-state index contributed by atoms with van der Waals surface area (Å²) in [6.45, 7) is 23.1. The molecule has 3 nitrogen and oxygen atoms in total. The van der Waals surface area contributed by atoms with Gasteiger partial charge in [-0.05, 0) is 117 Å². The molecule has 1 aliphatic heterocycles. The Morgan fingerprint density at radius 1 is 1.12 bits per heavy atom. The van der Waals surface area contributed by atoms with Gasteiger partial charge in [0.1, 0.15) is 17.1 Å². The lowest BCUT2D eigenvalue weighted by atomic mass is 9.46. The third-order valence-electron chi connectivity index (χ3n) is 9.09. The number of carbonyl (C=O) groups is 1. The fourth-order valence-electron chi connectivity index (χ4n) is 6.74. The lowest BCUT2D eigenvalue weighted by Crippen LogP contribution is -2.53. The van der Waals surface area contributed by atoms with Gasteiger partial charge in [0.25, 0.3) is 0 Å². The van der Waals surface area contributed by atoms with Crippen LogP contribution in [0, 0.1) is 49.4 Å². The van der Waals surface area contributed by atoms with Crippen molar-refractivity contribution in [2.45, 2.75) is 101 Å². The van der Waals surface area contributed by atoms with E-state index in [4.69, 9.17) is 9.47 Å². The first-order valence-electron chi connectivity index (χ1n) is 12.2. The molecule has 32 heavy (non-hydrogen) atoms. The summed E-state index contributed by atoms with van der Waals surface area (Å²) in [5.41, 5.74) is 4.81. The van der Waals surface area contributed by atoms with Crippen LogP contribution in [0.25, 0.3) is 0 Å². The summed E-state index contributed by atoms with van der Waals surface area (Å²) in [6, 6.07) is 0. The van der Waals surface area contributed by atoms with Crippen molar-refractivity contribution in [3.05, 3.63) is 22.3 Å². The first-order valence-corrected chi connectivity index (χ1v) is 13.4. The van der Waals surface area contributed by atoms with E-state index in [1.54, 1.807) is 6.26 Å². The van der Waals surface area contributed by atoms with E-state index in [9.17, 15) is 4.79 Å². The molecule has 0 bridgehead atoms. The molecule has 2 aliphatic rings. The monoisotopic (exact) mass is 460 g/mol. The smallest absolute Gasteiger partial charge is 0.372 e. The van der Waals surface area contributed by atoms with Crippen molar-refractivity contribution in [2.75, 3.05) is 6.26 Å². The lowest BCUT2D eigenvalue weighted by molar-refractivity contribution is -0.105. The number of thioether (sulfide) groups is 1. The van der Waals surface area contributed by atoms with E-state index in [0.717, 1.165) is 71.2 Å². The molecule has 1 aromatic carbocycles. The molecule has 4 unspecified atom stereocenters. The number of benzene rings is 1. The standard InChI is InChI=1S/C28H44O3S/c1-16-17(2)24-21(19(4)23(16)30-25(29)32-11)12-13-28(10,31-24)15-26(6,7)14-22-18(3)20(5)27(22,8)9/h18,20,22H,12-15H2,1-11H3. The van der Waals surface area contributed by atoms with Crippen molar-refractivity contribution in [3.63, 3.8) is 0 Å². The maximum absolute atomic E-state index is 11.9. The average Bonchev–Trinajstić information content (AvgIpc) is 2.71. The highest BCUT2D eigenvalue weighted by Gasteiger charge is 2.53. The highest BCUT2D eigenvalue weighted by molar-refractivity contribution is 8.12. The predicted molar refractivity (Wildman–Crippen MR) is 136 cm³/mol. The van der Waals surface area contributed by atoms with Gasteiger partial charge in [-0.1, -0.05) is 41.5 Å². The Bertz CT molecular complexity index is 901. The second-order valence-electron chi connectivity index (χ2n) is 12.2. The van der Waals surface area contributed by atoms with Crippen molar-refractivity contribution in [2.24, 2.45) is 28.6 Å². The van der Waals surface area contributed by atoms with Crippen LogP contribution in [0.4, 0.5) is 4.79 Å². The minimum Gasteiger partial charge on any atom is -0.487 e. The quantitative estimate of drug-likeness (QED) is 0.414. The van der Waals surface area contributed by atoms with Gasteiger partial charge in [0.15, 0.2) is 0 Å². The van der Waals surface area contributed by atoms with Gasteiger partial charge in [-0.15, -0.1) is 0 Å². The van der Waals surface area contributed by atoms with Crippen LogP contribution in [-0.2, 0) is 6.42 Å². The molecule has 1 aromatic rings. The molecule has 3 rings (SSSR count). The maximum atomic E-state index is 11.9. The van der Waals surface area contributed by atoms with Crippen LogP contribution in [0.15, 0.2) is 0 Å². The zero-order chi connectivity index (χ0) is 24.2. The molecule has 180 valence electrons. The number of ether oxygens (including phenoxy) is 2. The summed E-state index contributed by atoms with van der Waals surface area (Å²) in [4.78, 5) is 11.9. The Morgan fingerprint density at radius 2 is 1.75 bits per heavy atom. The maximum Gasteiger partial charge on any atom is 0.372 e. The van der Waals surface area contributed by atoms with Crippen LogP contribution >= 0.6 is 11.8 Å². The van der Waals surface area contributed by atoms with Crippen molar-refractivity contribution in [3.8, 4) is 11.5 Å². The normalized spacial score (nSPS) is 29.0. The minimum absolute atomic E-state index is 0.180. The van der Waals surface area contributed by atoms with E-state index in [1.807, 2.05) is 6.92 Å². The Hall–Kier alpha value is -1.16. The Balaban J connectivity index is 1.82. The highest BCUT2D eigenvalue weighted by atomic mass is 32.2. The summed E-state index contributed by atoms with van der Waals surface area (Å²) in [5, 5.41) is -0.263. The van der Waals surface area contributed by atoms with Crippen molar-refractivity contribution in [1.82, 2.24) is 0 Å². The molecule has 1 aliphatic carbocycles. The Morgan fingerprint density at radius 3 is 2.31 bits per heavy atom. The highest BCUT2D eigenvalue weighted by Crippen LogP contribution is 2.59. The SMILES string of the molecule is CSC(=O)Oc1c(C)c(C)c2c(c1C)CCC(C)(CC(C)(C)CC1C(C)C(C)C1(C)C)O2. The van der Waals surface area contributed by atoms with Crippen LogP contribution in [0.5, 0.6) is 11.5 Å². The molecule has 0 N–H and O–H groups in total. The van der Waals surface area contributed by atoms with Crippen molar-refractivity contribution in [1.29, 1.82) is 0 Å². The van der Waals surface area contributed by atoms with Crippen LogP contribution in [-0.4, -0.2) is 17.2 Å². The number of carbonyl (C=O) groups excluding carboxylic acids is 1. The molecule has 0 radical (unpaired) electrons. The van der Waals surface area contributed by atoms with Crippen LogP contribution in [0.1, 0.15) is 90.0 Å². The van der Waals surface area contributed by atoms with Gasteiger partial charge in [0.2, 0.25) is 0 Å². The zero-order valence-electron chi connectivity index (χ0n) is 22.2. The van der Waals surface area contributed by atoms with Gasteiger partial charge < -0.3 is 9.47 Å². The third-order valence-corrected chi connectivity index (χ3v) is 9.51. The van der Waals surface area contributed by atoms with E-state index in [2.05, 4.69) is 62.3 Å². The Kier molecular flexibility index (Phi) is 6.81. The van der Waals surface area contributed by atoms with Gasteiger partial charge in [0, 0.05) is 5.56 Å². The molecular formula is C28H44O3S. The molecule has 4 heteroatoms. The summed E-state index contributed by atoms with van der Waals surface area (Å²) in [6.07, 6.45) is 6.00. The molecule has 1 heterocycles. The fraction of sp³-hybridized carbons (Fsp3) is 0.750. The lowest BCUT2D eigenvalue weighted by Gasteiger charge is -2.59. The third kappa shape index (κ3) is 4.45. The predicted octanol–water partition coefficient (Wildman–Crippen LogP) is 8.29. The second-order valence-corrected chi connectivity index (χ2v) is 13.0. The summed E-state index contributed by atoms with van der Waals surface area (Å²) in [5.74, 6) is 4.08. The van der Waals surface area contributed by atoms with Gasteiger partial charge in [-0.2, -0.15) is 0 Å². The van der Waals surface area contributed by atoms with Crippen LogP contribution in [0.2, 0.25) is 0 Å². The van der Waals surface area contributed by atoms with E-state index >= 15 is 0 Å². The van der Waals surface area contributed by atoms with Gasteiger partial charge in [-0.25, -0.2) is 4.79 Å². The van der Waals surface area contributed by atoms with Crippen molar-refractivity contribution >= 4 is 17.1 Å². The number of hydrogen-bond donors (Lipinski definition) is 0. The molecule has 0 spiro atoms. The molecule has 0 amide bonds. The van der Waals surface area contributed by atoms with Gasteiger partial charge >= 0.3 is 5.30 Å². The second kappa shape index (κ2) is 8.56. The molecule has 0 aromatic heterocycles. The van der Waals surface area contributed by atoms with E-state index in [0.29, 0.717) is 11.2 Å².